The van der Waals surface area contributed by atoms with E-state index in [1.54, 1.807) is 5.56 Å². The molecule has 2 aromatic heterocycles. The second-order valence-corrected chi connectivity index (χ2v) is 7.82. The summed E-state index contributed by atoms with van der Waals surface area (Å²) in [6.07, 6.45) is 11.9. The summed E-state index contributed by atoms with van der Waals surface area (Å²) in [7, 11) is 0. The van der Waals surface area contributed by atoms with Gasteiger partial charge in [0.2, 0.25) is 0 Å². The van der Waals surface area contributed by atoms with Crippen LogP contribution < -0.4 is 0 Å². The van der Waals surface area contributed by atoms with Gasteiger partial charge in [-0.2, -0.15) is 0 Å². The first kappa shape index (κ1) is 15.2. The average Bonchev–Trinajstić information content (AvgIpc) is 3.27. The van der Waals surface area contributed by atoms with Crippen LogP contribution in [0.25, 0.3) is 10.9 Å². The molecule has 4 nitrogen and oxygen atoms in total. The molecule has 1 saturated heterocycles. The number of fused-ring (bicyclic) bond motifs is 2. The van der Waals surface area contributed by atoms with Gasteiger partial charge < -0.3 is 9.55 Å². The fourth-order valence-electron chi connectivity index (χ4n) is 5.27. The lowest BCUT2D eigenvalue weighted by molar-refractivity contribution is 0.0777. The van der Waals surface area contributed by atoms with Crippen LogP contribution in [0.15, 0.2) is 43.1 Å². The van der Waals surface area contributed by atoms with Crippen LogP contribution in [0.3, 0.4) is 0 Å². The molecule has 3 aromatic rings. The summed E-state index contributed by atoms with van der Waals surface area (Å²) in [6.45, 7) is 5.80. The van der Waals surface area contributed by atoms with Crippen molar-refractivity contribution in [1.29, 1.82) is 0 Å². The van der Waals surface area contributed by atoms with Crippen LogP contribution in [0.2, 0.25) is 0 Å². The molecule has 1 aromatic carbocycles. The molecule has 3 heterocycles. The first-order chi connectivity index (χ1) is 12.3. The Labute approximate surface area is 148 Å². The molecule has 1 aliphatic carbocycles. The highest BCUT2D eigenvalue weighted by Crippen LogP contribution is 2.45. The third-order valence-corrected chi connectivity index (χ3v) is 6.20. The molecule has 1 aliphatic heterocycles. The number of hydrogen-bond donors (Lipinski definition) is 1. The topological polar surface area (TPSA) is 36.9 Å². The van der Waals surface area contributed by atoms with Gasteiger partial charge in [-0.15, -0.1) is 0 Å². The van der Waals surface area contributed by atoms with Crippen LogP contribution >= 0.6 is 0 Å². The molecular formula is C21H26N4. The zero-order valence-corrected chi connectivity index (χ0v) is 14.9. The molecule has 25 heavy (non-hydrogen) atoms. The molecule has 0 spiro atoms. The highest BCUT2D eigenvalue weighted by Gasteiger charge is 2.40. The third kappa shape index (κ3) is 2.51. The number of benzene rings is 1. The van der Waals surface area contributed by atoms with Crippen LogP contribution in [0.4, 0.5) is 0 Å². The van der Waals surface area contributed by atoms with Crippen LogP contribution in [0, 0.1) is 5.92 Å². The quantitative estimate of drug-likeness (QED) is 0.788. The SMILES string of the molecule is CCCN1C[C@H](Cn2ccnc2)C[C@@H]2c3cccc4[nH]cc(c34)C[C@H]21. The molecule has 3 atom stereocenters. The lowest BCUT2D eigenvalue weighted by atomic mass is 9.72. The number of aromatic amines is 1. The number of nitrogens with one attached hydrogen (secondary N) is 1. The number of imidazole rings is 1. The minimum atomic E-state index is 0.654. The van der Waals surface area contributed by atoms with Crippen LogP contribution in [0.1, 0.15) is 36.8 Å². The third-order valence-electron chi connectivity index (χ3n) is 6.20. The molecule has 2 aliphatic rings. The Morgan fingerprint density at radius 1 is 1.32 bits per heavy atom. The molecule has 0 unspecified atom stereocenters. The Morgan fingerprint density at radius 2 is 2.28 bits per heavy atom. The Kier molecular flexibility index (Phi) is 3.66. The second kappa shape index (κ2) is 6.03. The van der Waals surface area contributed by atoms with E-state index in [0.717, 1.165) is 6.54 Å². The fraction of sp³-hybridized carbons (Fsp3) is 0.476. The molecule has 4 heteroatoms. The molecule has 0 saturated carbocycles. The molecular weight excluding hydrogens is 308 g/mol. The van der Waals surface area contributed by atoms with Crippen LogP contribution in [-0.4, -0.2) is 38.6 Å². The molecule has 0 amide bonds. The van der Waals surface area contributed by atoms with Gasteiger partial charge in [0.15, 0.2) is 0 Å². The number of piperidine rings is 1. The largest absolute Gasteiger partial charge is 0.361 e. The van der Waals surface area contributed by atoms with Crippen molar-refractivity contribution < 1.29 is 0 Å². The number of H-pyrrole nitrogens is 1. The van der Waals surface area contributed by atoms with Crippen molar-refractivity contribution in [2.24, 2.45) is 5.92 Å². The van der Waals surface area contributed by atoms with Gasteiger partial charge in [-0.05, 0) is 48.9 Å². The first-order valence-corrected chi connectivity index (χ1v) is 9.62. The number of likely N-dealkylation sites (tertiary alicyclic amines) is 1. The second-order valence-electron chi connectivity index (χ2n) is 7.82. The molecule has 1 fully saturated rings. The van der Waals surface area contributed by atoms with E-state index in [2.05, 4.69) is 57.0 Å². The first-order valence-electron chi connectivity index (χ1n) is 9.62. The van der Waals surface area contributed by atoms with Gasteiger partial charge in [0, 0.05) is 54.5 Å². The Hall–Kier alpha value is -2.07. The predicted molar refractivity (Wildman–Crippen MR) is 101 cm³/mol. The van der Waals surface area contributed by atoms with Crippen molar-refractivity contribution in [3.8, 4) is 0 Å². The molecule has 1 N–H and O–H groups in total. The minimum Gasteiger partial charge on any atom is -0.361 e. The standard InChI is InChI=1S/C21H26N4/c1-2-7-25-13-15(12-24-8-6-22-14-24)9-18-17-4-3-5-19-21(17)16(11-23-19)10-20(18)25/h3-6,8,11,14-15,18,20,23H,2,7,9-10,12-13H2,1H3/t15-,18+,20+/m0/s1. The molecule has 5 rings (SSSR count). The smallest absolute Gasteiger partial charge is 0.0946 e. The van der Waals surface area contributed by atoms with Gasteiger partial charge in [0.1, 0.15) is 0 Å². The summed E-state index contributed by atoms with van der Waals surface area (Å²) in [6, 6.07) is 7.48. The molecule has 130 valence electrons. The van der Waals surface area contributed by atoms with Crippen molar-refractivity contribution >= 4 is 10.9 Å². The van der Waals surface area contributed by atoms with Crippen molar-refractivity contribution in [1.82, 2.24) is 19.4 Å². The number of nitrogens with zero attached hydrogens (tertiary/aromatic N) is 3. The Morgan fingerprint density at radius 3 is 3.12 bits per heavy atom. The summed E-state index contributed by atoms with van der Waals surface area (Å²) < 4.78 is 2.25. The molecule has 0 radical (unpaired) electrons. The van der Waals surface area contributed by atoms with E-state index < -0.39 is 0 Å². The van der Waals surface area contributed by atoms with Gasteiger partial charge in [0.05, 0.1) is 6.33 Å². The highest BCUT2D eigenvalue weighted by atomic mass is 15.2. The summed E-state index contributed by atoms with van der Waals surface area (Å²) in [5.41, 5.74) is 4.40. The summed E-state index contributed by atoms with van der Waals surface area (Å²) >= 11 is 0. The van der Waals surface area contributed by atoms with Gasteiger partial charge in [0.25, 0.3) is 0 Å². The van der Waals surface area contributed by atoms with E-state index in [4.69, 9.17) is 0 Å². The minimum absolute atomic E-state index is 0.654. The van der Waals surface area contributed by atoms with Crippen molar-refractivity contribution in [2.45, 2.75) is 44.7 Å². The van der Waals surface area contributed by atoms with Gasteiger partial charge in [-0.1, -0.05) is 19.1 Å². The number of rotatable bonds is 4. The van der Waals surface area contributed by atoms with Crippen molar-refractivity contribution in [2.75, 3.05) is 13.1 Å². The van der Waals surface area contributed by atoms with E-state index in [-0.39, 0.29) is 0 Å². The number of hydrogen-bond acceptors (Lipinski definition) is 2. The maximum atomic E-state index is 4.22. The monoisotopic (exact) mass is 334 g/mol. The highest BCUT2D eigenvalue weighted by molar-refractivity contribution is 5.88. The van der Waals surface area contributed by atoms with Crippen molar-refractivity contribution in [3.63, 3.8) is 0 Å². The van der Waals surface area contributed by atoms with E-state index in [1.807, 2.05) is 12.5 Å². The van der Waals surface area contributed by atoms with Crippen LogP contribution in [-0.2, 0) is 13.0 Å². The van der Waals surface area contributed by atoms with E-state index >= 15 is 0 Å². The maximum absolute atomic E-state index is 4.22. The summed E-state index contributed by atoms with van der Waals surface area (Å²) in [5, 5.41) is 1.50. The average molecular weight is 334 g/mol. The van der Waals surface area contributed by atoms with Gasteiger partial charge >= 0.3 is 0 Å². The Balaban J connectivity index is 1.52. The van der Waals surface area contributed by atoms with Crippen LogP contribution in [0.5, 0.6) is 0 Å². The number of aromatic nitrogens is 3. The van der Waals surface area contributed by atoms with Crippen molar-refractivity contribution in [3.05, 3.63) is 54.2 Å². The molecule has 0 bridgehead atoms. The normalized spacial score (nSPS) is 26.0. The summed E-state index contributed by atoms with van der Waals surface area (Å²) in [5.74, 6) is 1.35. The van der Waals surface area contributed by atoms with E-state index in [9.17, 15) is 0 Å². The lowest BCUT2D eigenvalue weighted by Crippen LogP contribution is -2.50. The predicted octanol–water partition coefficient (Wildman–Crippen LogP) is 3.80. The zero-order chi connectivity index (χ0) is 16.8. The van der Waals surface area contributed by atoms with Gasteiger partial charge in [-0.25, -0.2) is 4.98 Å². The Bertz CT molecular complexity index is 863. The summed E-state index contributed by atoms with van der Waals surface area (Å²) in [4.78, 5) is 10.5. The van der Waals surface area contributed by atoms with E-state index in [0.29, 0.717) is 17.9 Å². The van der Waals surface area contributed by atoms with E-state index in [1.165, 1.54) is 48.8 Å². The fourth-order valence-corrected chi connectivity index (χ4v) is 5.27. The maximum Gasteiger partial charge on any atom is 0.0946 e. The zero-order valence-electron chi connectivity index (χ0n) is 14.9. The van der Waals surface area contributed by atoms with Gasteiger partial charge in [-0.3, -0.25) is 4.90 Å². The lowest BCUT2D eigenvalue weighted by Gasteiger charge is -2.47.